The van der Waals surface area contributed by atoms with Crippen molar-refractivity contribution in [1.82, 2.24) is 0 Å². The number of carboxylic acids is 1. The number of carboxylic acid groups (broad SMARTS) is 1. The number of benzene rings is 1. The maximum Gasteiger partial charge on any atom is 0.336 e. The van der Waals surface area contributed by atoms with Crippen molar-refractivity contribution < 1.29 is 23.6 Å². The fourth-order valence-electron chi connectivity index (χ4n) is 1.26. The minimum Gasteiger partial charge on any atom is -0.478 e. The van der Waals surface area contributed by atoms with Gasteiger partial charge in [0.25, 0.3) is 5.69 Å². The lowest BCUT2D eigenvalue weighted by Crippen LogP contribution is -2.05. The van der Waals surface area contributed by atoms with E-state index in [1.54, 1.807) is 0 Å². The smallest absolute Gasteiger partial charge is 0.336 e. The number of nitro groups is 1. The molecule has 0 heterocycles. The predicted octanol–water partition coefficient (Wildman–Crippen LogP) is 2.23. The fraction of sp³-hybridized carbons (Fsp3) is 0.222. The molecule has 0 aliphatic heterocycles. The monoisotopic (exact) mass is 231 g/mol. The van der Waals surface area contributed by atoms with Gasteiger partial charge < -0.3 is 5.11 Å². The summed E-state index contributed by atoms with van der Waals surface area (Å²) < 4.78 is 24.9. The number of rotatable bonds is 4. The second-order valence-electron chi connectivity index (χ2n) is 2.97. The molecule has 1 aromatic carbocycles. The topological polar surface area (TPSA) is 80.4 Å². The van der Waals surface area contributed by atoms with E-state index in [9.17, 15) is 23.7 Å². The number of nitro benzene ring substituents is 1. The van der Waals surface area contributed by atoms with E-state index < -0.39 is 35.5 Å². The van der Waals surface area contributed by atoms with Gasteiger partial charge in [0, 0.05) is 11.6 Å². The Kier molecular flexibility index (Phi) is 3.49. The van der Waals surface area contributed by atoms with Crippen LogP contribution in [0.25, 0.3) is 0 Å². The molecule has 0 aliphatic rings. The highest BCUT2D eigenvalue weighted by atomic mass is 19.1. The molecule has 0 atom stereocenters. The van der Waals surface area contributed by atoms with E-state index in [1.165, 1.54) is 0 Å². The molecule has 0 aromatic heterocycles. The fourth-order valence-corrected chi connectivity index (χ4v) is 1.26. The number of alkyl halides is 2. The Morgan fingerprint density at radius 2 is 1.88 bits per heavy atom. The van der Waals surface area contributed by atoms with Crippen LogP contribution in [0.5, 0.6) is 0 Å². The van der Waals surface area contributed by atoms with E-state index >= 15 is 0 Å². The van der Waals surface area contributed by atoms with Gasteiger partial charge in [0.15, 0.2) is 0 Å². The molecule has 0 aliphatic carbocycles. The number of carbonyl (C=O) groups is 1. The molecule has 0 unspecified atom stereocenters. The van der Waals surface area contributed by atoms with Crippen LogP contribution in [0.15, 0.2) is 12.1 Å². The molecule has 0 fully saturated rings. The first-order chi connectivity index (χ1) is 7.51. The average Bonchev–Trinajstić information content (AvgIpc) is 2.26. The number of nitrogens with zero attached hydrogens (tertiary/aromatic N) is 1. The highest BCUT2D eigenvalue weighted by molar-refractivity contribution is 5.90. The van der Waals surface area contributed by atoms with E-state index in [2.05, 4.69) is 0 Å². The lowest BCUT2D eigenvalue weighted by molar-refractivity contribution is -0.385. The van der Waals surface area contributed by atoms with Crippen LogP contribution in [0.3, 0.4) is 0 Å². The second-order valence-corrected chi connectivity index (χ2v) is 2.97. The van der Waals surface area contributed by atoms with Crippen molar-refractivity contribution in [3.63, 3.8) is 0 Å². The van der Waals surface area contributed by atoms with Crippen molar-refractivity contribution in [2.75, 3.05) is 0 Å². The van der Waals surface area contributed by atoms with Crippen molar-refractivity contribution in [2.45, 2.75) is 13.3 Å². The van der Waals surface area contributed by atoms with Crippen molar-refractivity contribution in [3.05, 3.63) is 38.9 Å². The highest BCUT2D eigenvalue weighted by Gasteiger charge is 2.20. The minimum absolute atomic E-state index is 0.337. The summed E-state index contributed by atoms with van der Waals surface area (Å²) in [6.45, 7) is -2.34. The van der Waals surface area contributed by atoms with Gasteiger partial charge in [-0.2, -0.15) is 0 Å². The normalized spacial score (nSPS) is 10.1. The maximum absolute atomic E-state index is 12.4. The van der Waals surface area contributed by atoms with Gasteiger partial charge in [0.2, 0.25) is 0 Å². The summed E-state index contributed by atoms with van der Waals surface area (Å²) in [6.07, 6.45) is 0. The van der Waals surface area contributed by atoms with Gasteiger partial charge in [-0.15, -0.1) is 0 Å². The standard InChI is InChI=1S/C9H7F2NO4/c10-3-5-2-8(12(15)16)6(4-11)1-7(5)9(13)14/h1-2H,3-4H2,(H,13,14). The highest BCUT2D eigenvalue weighted by Crippen LogP contribution is 2.25. The van der Waals surface area contributed by atoms with E-state index in [-0.39, 0.29) is 11.1 Å². The molecule has 86 valence electrons. The van der Waals surface area contributed by atoms with Gasteiger partial charge in [-0.1, -0.05) is 0 Å². The first kappa shape index (κ1) is 12.0. The summed E-state index contributed by atoms with van der Waals surface area (Å²) in [4.78, 5) is 20.3. The Morgan fingerprint density at radius 1 is 1.31 bits per heavy atom. The van der Waals surface area contributed by atoms with E-state index in [1.807, 2.05) is 0 Å². The number of aromatic carboxylic acids is 1. The van der Waals surface area contributed by atoms with Gasteiger partial charge in [-0.05, 0) is 6.07 Å². The molecule has 0 saturated heterocycles. The quantitative estimate of drug-likeness (QED) is 0.636. The number of halogens is 2. The van der Waals surface area contributed by atoms with Gasteiger partial charge in [0.1, 0.15) is 13.3 Å². The molecule has 16 heavy (non-hydrogen) atoms. The van der Waals surface area contributed by atoms with Crippen LogP contribution in [0.4, 0.5) is 14.5 Å². The zero-order valence-electron chi connectivity index (χ0n) is 7.94. The van der Waals surface area contributed by atoms with Crippen molar-refractivity contribution in [1.29, 1.82) is 0 Å². The minimum atomic E-state index is -1.45. The molecule has 0 radical (unpaired) electrons. The summed E-state index contributed by atoms with van der Waals surface area (Å²) in [7, 11) is 0. The van der Waals surface area contributed by atoms with E-state index in [4.69, 9.17) is 5.11 Å². The molecule has 1 rings (SSSR count). The Hall–Kier alpha value is -2.05. The number of hydrogen-bond donors (Lipinski definition) is 1. The predicted molar refractivity (Wildman–Crippen MR) is 49.7 cm³/mol. The third-order valence-electron chi connectivity index (χ3n) is 2.02. The Bertz CT molecular complexity index is 406. The molecule has 0 saturated carbocycles. The summed E-state index contributed by atoms with van der Waals surface area (Å²) >= 11 is 0. The zero-order valence-corrected chi connectivity index (χ0v) is 7.94. The first-order valence-electron chi connectivity index (χ1n) is 4.16. The van der Waals surface area contributed by atoms with Crippen LogP contribution < -0.4 is 0 Å². The van der Waals surface area contributed by atoms with Gasteiger partial charge in [-0.25, -0.2) is 13.6 Å². The molecule has 5 nitrogen and oxygen atoms in total. The number of hydrogen-bond acceptors (Lipinski definition) is 3. The van der Waals surface area contributed by atoms with E-state index in [0.717, 1.165) is 12.1 Å². The lowest BCUT2D eigenvalue weighted by atomic mass is 10.0. The third-order valence-corrected chi connectivity index (χ3v) is 2.02. The zero-order chi connectivity index (χ0) is 12.3. The van der Waals surface area contributed by atoms with Gasteiger partial charge in [0.05, 0.1) is 16.1 Å². The SMILES string of the molecule is O=C(O)c1cc(CF)c([N+](=O)[O-])cc1CF. The Balaban J connectivity index is 3.46. The van der Waals surface area contributed by atoms with Crippen LogP contribution in [-0.4, -0.2) is 16.0 Å². The van der Waals surface area contributed by atoms with Crippen molar-refractivity contribution in [2.24, 2.45) is 0 Å². The molecule has 7 heteroatoms. The molecular formula is C9H7F2NO4. The van der Waals surface area contributed by atoms with Crippen LogP contribution in [0.2, 0.25) is 0 Å². The Morgan fingerprint density at radius 3 is 2.25 bits per heavy atom. The molecule has 0 bridgehead atoms. The molecule has 1 aromatic rings. The summed E-state index contributed by atoms with van der Waals surface area (Å²) in [5, 5.41) is 19.2. The molecule has 0 amide bonds. The second kappa shape index (κ2) is 4.65. The largest absolute Gasteiger partial charge is 0.478 e. The van der Waals surface area contributed by atoms with Crippen LogP contribution in [0, 0.1) is 10.1 Å². The van der Waals surface area contributed by atoms with Gasteiger partial charge in [-0.3, -0.25) is 10.1 Å². The Labute approximate surface area is 88.5 Å². The van der Waals surface area contributed by atoms with Crippen molar-refractivity contribution in [3.8, 4) is 0 Å². The summed E-state index contributed by atoms with van der Waals surface area (Å²) in [5.74, 6) is -1.45. The molecule has 0 spiro atoms. The maximum atomic E-state index is 12.4. The summed E-state index contributed by atoms with van der Waals surface area (Å²) in [5.41, 5.74) is -1.78. The average molecular weight is 231 g/mol. The van der Waals surface area contributed by atoms with Crippen molar-refractivity contribution >= 4 is 11.7 Å². The lowest BCUT2D eigenvalue weighted by Gasteiger charge is -2.05. The molecule has 1 N–H and O–H groups in total. The third kappa shape index (κ3) is 2.13. The molecular weight excluding hydrogens is 224 g/mol. The van der Waals surface area contributed by atoms with Crippen LogP contribution in [-0.2, 0) is 13.3 Å². The first-order valence-corrected chi connectivity index (χ1v) is 4.16. The van der Waals surface area contributed by atoms with Crippen LogP contribution >= 0.6 is 0 Å². The van der Waals surface area contributed by atoms with E-state index in [0.29, 0.717) is 0 Å². The summed E-state index contributed by atoms with van der Waals surface area (Å²) in [6, 6.07) is 1.54. The van der Waals surface area contributed by atoms with Crippen LogP contribution in [0.1, 0.15) is 21.5 Å². The van der Waals surface area contributed by atoms with Gasteiger partial charge >= 0.3 is 5.97 Å².